The minimum absolute atomic E-state index is 0.111. The Labute approximate surface area is 140 Å². The lowest BCUT2D eigenvalue weighted by Crippen LogP contribution is -2.37. The molecule has 2 unspecified atom stereocenters. The molecule has 128 valence electrons. The van der Waals surface area contributed by atoms with Gasteiger partial charge in [0.2, 0.25) is 0 Å². The molecule has 24 heavy (non-hydrogen) atoms. The van der Waals surface area contributed by atoms with Gasteiger partial charge in [-0.3, -0.25) is 9.48 Å². The van der Waals surface area contributed by atoms with Crippen LogP contribution < -0.4 is 10.2 Å². The van der Waals surface area contributed by atoms with Gasteiger partial charge in [-0.1, -0.05) is 0 Å². The standard InChI is InChI=1S/C16H22N6O2/c1-20-5-3-15(19-20)21-6-2-12(8-21)18-16(23)14-9-22(11-17-14)13-4-7-24-10-13/h3,5,9,11-13H,2,4,6-8,10H2,1H3,(H,18,23). The number of nitrogens with zero attached hydrogens (tertiary/aromatic N) is 5. The van der Waals surface area contributed by atoms with Gasteiger partial charge < -0.3 is 19.5 Å². The number of imidazole rings is 1. The lowest BCUT2D eigenvalue weighted by Gasteiger charge is -2.15. The maximum absolute atomic E-state index is 12.4. The Balaban J connectivity index is 1.35. The lowest BCUT2D eigenvalue weighted by molar-refractivity contribution is 0.0935. The van der Waals surface area contributed by atoms with Gasteiger partial charge in [0.25, 0.3) is 5.91 Å². The van der Waals surface area contributed by atoms with Crippen LogP contribution in [0.5, 0.6) is 0 Å². The first-order valence-electron chi connectivity index (χ1n) is 8.36. The molecule has 1 amide bonds. The first-order chi connectivity index (χ1) is 11.7. The Kier molecular flexibility index (Phi) is 3.97. The van der Waals surface area contributed by atoms with E-state index in [1.807, 2.05) is 30.1 Å². The second-order valence-corrected chi connectivity index (χ2v) is 6.48. The largest absolute Gasteiger partial charge is 0.379 e. The molecule has 2 fully saturated rings. The predicted octanol–water partition coefficient (Wildman–Crippen LogP) is 0.587. The number of amides is 1. The summed E-state index contributed by atoms with van der Waals surface area (Å²) in [6.45, 7) is 3.14. The Hall–Kier alpha value is -2.35. The van der Waals surface area contributed by atoms with Crippen LogP contribution in [0.2, 0.25) is 0 Å². The SMILES string of the molecule is Cn1ccc(N2CCC(NC(=O)c3cn(C4CCOC4)cn3)C2)n1. The van der Waals surface area contributed by atoms with Crippen molar-refractivity contribution < 1.29 is 9.53 Å². The topological polar surface area (TPSA) is 77.2 Å². The van der Waals surface area contributed by atoms with Crippen molar-refractivity contribution in [3.8, 4) is 0 Å². The second-order valence-electron chi connectivity index (χ2n) is 6.48. The Bertz CT molecular complexity index is 718. The molecule has 2 aromatic rings. The number of hydrogen-bond donors (Lipinski definition) is 1. The first-order valence-corrected chi connectivity index (χ1v) is 8.36. The quantitative estimate of drug-likeness (QED) is 0.888. The summed E-state index contributed by atoms with van der Waals surface area (Å²) in [4.78, 5) is 18.9. The van der Waals surface area contributed by atoms with Crippen LogP contribution in [-0.4, -0.2) is 57.6 Å². The minimum atomic E-state index is -0.111. The van der Waals surface area contributed by atoms with Gasteiger partial charge in [-0.15, -0.1) is 0 Å². The van der Waals surface area contributed by atoms with E-state index in [0.29, 0.717) is 18.3 Å². The van der Waals surface area contributed by atoms with Gasteiger partial charge >= 0.3 is 0 Å². The normalized spacial score (nSPS) is 23.8. The van der Waals surface area contributed by atoms with Gasteiger partial charge in [0.05, 0.1) is 19.0 Å². The highest BCUT2D eigenvalue weighted by molar-refractivity contribution is 5.92. The molecule has 4 rings (SSSR count). The molecule has 8 nitrogen and oxygen atoms in total. The monoisotopic (exact) mass is 330 g/mol. The number of anilines is 1. The van der Waals surface area contributed by atoms with Crippen molar-refractivity contribution in [1.29, 1.82) is 0 Å². The molecule has 8 heteroatoms. The van der Waals surface area contributed by atoms with Crippen molar-refractivity contribution in [3.63, 3.8) is 0 Å². The van der Waals surface area contributed by atoms with Crippen LogP contribution in [0.1, 0.15) is 29.4 Å². The number of carbonyl (C=O) groups excluding carboxylic acids is 1. The van der Waals surface area contributed by atoms with Gasteiger partial charge in [-0.2, -0.15) is 5.10 Å². The maximum atomic E-state index is 12.4. The van der Waals surface area contributed by atoms with Gasteiger partial charge in [-0.05, 0) is 12.8 Å². The third-order valence-electron chi connectivity index (χ3n) is 4.71. The summed E-state index contributed by atoms with van der Waals surface area (Å²) in [6, 6.07) is 2.42. The lowest BCUT2D eigenvalue weighted by atomic mass is 10.2. The number of aryl methyl sites for hydroxylation is 1. The van der Waals surface area contributed by atoms with Crippen molar-refractivity contribution in [2.45, 2.75) is 24.9 Å². The number of rotatable bonds is 4. The van der Waals surface area contributed by atoms with Crippen molar-refractivity contribution >= 4 is 11.7 Å². The molecule has 1 N–H and O–H groups in total. The fourth-order valence-corrected chi connectivity index (χ4v) is 3.33. The van der Waals surface area contributed by atoms with E-state index in [4.69, 9.17) is 4.74 Å². The summed E-state index contributed by atoms with van der Waals surface area (Å²) in [5, 5.41) is 7.50. The predicted molar refractivity (Wildman–Crippen MR) is 88.0 cm³/mol. The first kappa shape index (κ1) is 15.2. The average molecular weight is 330 g/mol. The molecule has 2 aliphatic rings. The zero-order valence-electron chi connectivity index (χ0n) is 13.8. The fourth-order valence-electron chi connectivity index (χ4n) is 3.33. The third kappa shape index (κ3) is 3.01. The Morgan fingerprint density at radius 3 is 3.08 bits per heavy atom. The number of nitrogens with one attached hydrogen (secondary N) is 1. The van der Waals surface area contributed by atoms with Gasteiger partial charge in [0.1, 0.15) is 5.69 Å². The van der Waals surface area contributed by atoms with Crippen molar-refractivity contribution in [2.24, 2.45) is 7.05 Å². The highest BCUT2D eigenvalue weighted by Gasteiger charge is 2.26. The third-order valence-corrected chi connectivity index (χ3v) is 4.71. The fraction of sp³-hybridized carbons (Fsp3) is 0.562. The smallest absolute Gasteiger partial charge is 0.271 e. The average Bonchev–Trinajstić information content (AvgIpc) is 3.34. The van der Waals surface area contributed by atoms with Crippen LogP contribution in [-0.2, 0) is 11.8 Å². The molecule has 2 atom stereocenters. The van der Waals surface area contributed by atoms with E-state index < -0.39 is 0 Å². The van der Waals surface area contributed by atoms with Crippen LogP contribution in [0.25, 0.3) is 0 Å². The van der Waals surface area contributed by atoms with Gasteiger partial charge in [0, 0.05) is 51.2 Å². The summed E-state index contributed by atoms with van der Waals surface area (Å²) < 4.78 is 9.16. The molecule has 2 aromatic heterocycles. The highest BCUT2D eigenvalue weighted by atomic mass is 16.5. The number of hydrogen-bond acceptors (Lipinski definition) is 5. The zero-order chi connectivity index (χ0) is 16.5. The molecule has 0 spiro atoms. The van der Waals surface area contributed by atoms with Gasteiger partial charge in [0.15, 0.2) is 5.82 Å². The molecule has 0 saturated carbocycles. The van der Waals surface area contributed by atoms with Crippen LogP contribution >= 0.6 is 0 Å². The Morgan fingerprint density at radius 2 is 2.33 bits per heavy atom. The molecule has 2 saturated heterocycles. The van der Waals surface area contributed by atoms with Crippen LogP contribution in [0, 0.1) is 0 Å². The summed E-state index contributed by atoms with van der Waals surface area (Å²) >= 11 is 0. The summed E-state index contributed by atoms with van der Waals surface area (Å²) in [5.41, 5.74) is 0.471. The van der Waals surface area contributed by atoms with Crippen LogP contribution in [0.15, 0.2) is 24.8 Å². The van der Waals surface area contributed by atoms with E-state index in [0.717, 1.165) is 38.4 Å². The summed E-state index contributed by atoms with van der Waals surface area (Å²) in [7, 11) is 1.91. The molecule has 0 aromatic carbocycles. The zero-order valence-corrected chi connectivity index (χ0v) is 13.8. The van der Waals surface area contributed by atoms with E-state index >= 15 is 0 Å². The van der Waals surface area contributed by atoms with Gasteiger partial charge in [-0.25, -0.2) is 4.98 Å². The van der Waals surface area contributed by atoms with Crippen molar-refractivity contribution in [3.05, 3.63) is 30.5 Å². The van der Waals surface area contributed by atoms with E-state index in [1.54, 1.807) is 11.0 Å². The molecule has 0 bridgehead atoms. The van der Waals surface area contributed by atoms with E-state index in [9.17, 15) is 4.79 Å². The molecular weight excluding hydrogens is 308 g/mol. The second kappa shape index (κ2) is 6.27. The maximum Gasteiger partial charge on any atom is 0.271 e. The number of carbonyl (C=O) groups is 1. The molecular formula is C16H22N6O2. The van der Waals surface area contributed by atoms with Crippen LogP contribution in [0.3, 0.4) is 0 Å². The van der Waals surface area contributed by atoms with Crippen LogP contribution in [0.4, 0.5) is 5.82 Å². The van der Waals surface area contributed by atoms with Crippen molar-refractivity contribution in [1.82, 2.24) is 24.6 Å². The molecule has 4 heterocycles. The highest BCUT2D eigenvalue weighted by Crippen LogP contribution is 2.20. The van der Waals surface area contributed by atoms with E-state index in [-0.39, 0.29) is 11.9 Å². The van der Waals surface area contributed by atoms with E-state index in [2.05, 4.69) is 20.3 Å². The minimum Gasteiger partial charge on any atom is -0.379 e. The summed E-state index contributed by atoms with van der Waals surface area (Å²) in [5.74, 6) is 0.847. The Morgan fingerprint density at radius 1 is 1.42 bits per heavy atom. The van der Waals surface area contributed by atoms with E-state index in [1.165, 1.54) is 0 Å². The number of ether oxygens (including phenoxy) is 1. The van der Waals surface area contributed by atoms with Crippen molar-refractivity contribution in [2.75, 3.05) is 31.2 Å². The number of aromatic nitrogens is 4. The molecule has 0 aliphatic carbocycles. The molecule has 0 radical (unpaired) electrons. The molecule has 2 aliphatic heterocycles. The summed E-state index contributed by atoms with van der Waals surface area (Å²) in [6.07, 6.45) is 7.36.